The van der Waals surface area contributed by atoms with E-state index < -0.39 is 0 Å². The van der Waals surface area contributed by atoms with Crippen molar-refractivity contribution in [3.63, 3.8) is 0 Å². The Morgan fingerprint density at radius 2 is 1.85 bits per heavy atom. The molecule has 0 atom stereocenters. The van der Waals surface area contributed by atoms with Gasteiger partial charge in [-0.2, -0.15) is 0 Å². The van der Waals surface area contributed by atoms with Gasteiger partial charge in [-0.3, -0.25) is 4.99 Å². The molecule has 1 rings (SSSR count). The van der Waals surface area contributed by atoms with Crippen LogP contribution in [0.15, 0.2) is 9.98 Å². The number of aliphatic imine (C=N–C) groups is 2. The maximum atomic E-state index is 5.30. The van der Waals surface area contributed by atoms with Crippen LogP contribution < -0.4 is 0 Å². The third kappa shape index (κ3) is 3.27. The number of rotatable bonds is 1. The summed E-state index contributed by atoms with van der Waals surface area (Å²) in [7, 11) is 1.82. The number of hydrogen-bond acceptors (Lipinski definition) is 2. The zero-order valence-electron chi connectivity index (χ0n) is 8.71. The topological polar surface area (TPSA) is 34.0 Å². The van der Waals surface area contributed by atoms with Crippen LogP contribution in [-0.2, 0) is 4.74 Å². The Bertz CT molecular complexity index is 211. The lowest BCUT2D eigenvalue weighted by molar-refractivity contribution is 0.0825. The molecule has 0 spiro atoms. The highest BCUT2D eigenvalue weighted by Crippen LogP contribution is 2.17. The molecule has 0 unspecified atom stereocenters. The predicted octanol–water partition coefficient (Wildman–Crippen LogP) is 1.92. The number of hydrogen-bond donors (Lipinski definition) is 0. The second kappa shape index (κ2) is 5.12. The molecule has 0 saturated carbocycles. The van der Waals surface area contributed by atoms with E-state index >= 15 is 0 Å². The number of nitrogens with zero attached hydrogens (tertiary/aromatic N) is 2. The number of amidine groups is 1. The summed E-state index contributed by atoms with van der Waals surface area (Å²) >= 11 is 0. The molecule has 74 valence electrons. The Hall–Kier alpha value is -0.700. The monoisotopic (exact) mass is 182 g/mol. The van der Waals surface area contributed by atoms with Crippen molar-refractivity contribution < 1.29 is 4.74 Å². The van der Waals surface area contributed by atoms with E-state index in [1.807, 2.05) is 20.9 Å². The average Bonchev–Trinajstić information content (AvgIpc) is 2.15. The molecule has 1 aliphatic heterocycles. The molecule has 1 aliphatic rings. The van der Waals surface area contributed by atoms with Crippen molar-refractivity contribution in [3.8, 4) is 0 Å². The molecule has 1 saturated heterocycles. The van der Waals surface area contributed by atoms with Gasteiger partial charge < -0.3 is 4.74 Å². The van der Waals surface area contributed by atoms with E-state index in [2.05, 4.69) is 9.98 Å². The van der Waals surface area contributed by atoms with Gasteiger partial charge in [0.25, 0.3) is 0 Å². The first-order chi connectivity index (χ1) is 6.24. The molecule has 0 aromatic heterocycles. The molecule has 0 N–H and O–H groups in total. The number of ether oxygens (including phenoxy) is 1. The third-order valence-corrected chi connectivity index (χ3v) is 2.15. The van der Waals surface area contributed by atoms with Gasteiger partial charge in [-0.05, 0) is 26.7 Å². The average molecular weight is 182 g/mol. The van der Waals surface area contributed by atoms with Gasteiger partial charge in [-0.1, -0.05) is 0 Å². The van der Waals surface area contributed by atoms with E-state index in [-0.39, 0.29) is 0 Å². The van der Waals surface area contributed by atoms with Gasteiger partial charge in [0.2, 0.25) is 0 Å². The van der Waals surface area contributed by atoms with Crippen LogP contribution in [-0.4, -0.2) is 31.8 Å². The largest absolute Gasteiger partial charge is 0.381 e. The molecule has 0 amide bonds. The van der Waals surface area contributed by atoms with Gasteiger partial charge in [-0.15, -0.1) is 0 Å². The molecule has 0 aromatic rings. The fourth-order valence-electron chi connectivity index (χ4n) is 1.51. The molecule has 0 radical (unpaired) electrons. The van der Waals surface area contributed by atoms with Crippen molar-refractivity contribution in [3.05, 3.63) is 0 Å². The van der Waals surface area contributed by atoms with Crippen molar-refractivity contribution >= 4 is 11.5 Å². The second-order valence-electron chi connectivity index (χ2n) is 3.53. The normalized spacial score (nSPS) is 20.1. The van der Waals surface area contributed by atoms with E-state index in [1.54, 1.807) is 0 Å². The lowest BCUT2D eigenvalue weighted by Gasteiger charge is -2.21. The Balaban J connectivity index is 2.60. The summed E-state index contributed by atoms with van der Waals surface area (Å²) in [5.74, 6) is 1.50. The van der Waals surface area contributed by atoms with E-state index in [9.17, 15) is 0 Å². The van der Waals surface area contributed by atoms with Crippen molar-refractivity contribution in [2.24, 2.45) is 15.9 Å². The van der Waals surface area contributed by atoms with Crippen LogP contribution in [0.3, 0.4) is 0 Å². The Morgan fingerprint density at radius 1 is 1.23 bits per heavy atom. The highest BCUT2D eigenvalue weighted by molar-refractivity contribution is 5.97. The Labute approximate surface area is 79.9 Å². The summed E-state index contributed by atoms with van der Waals surface area (Å²) in [4.78, 5) is 8.66. The Kier molecular flexibility index (Phi) is 4.09. The summed E-state index contributed by atoms with van der Waals surface area (Å²) < 4.78 is 5.30. The van der Waals surface area contributed by atoms with Crippen molar-refractivity contribution in [1.82, 2.24) is 0 Å². The molecule has 0 aromatic carbocycles. The van der Waals surface area contributed by atoms with E-state index in [0.29, 0.717) is 5.92 Å². The molecule has 1 fully saturated rings. The first-order valence-electron chi connectivity index (χ1n) is 4.80. The standard InChI is InChI=1S/C10H18N2O/c1-8(2)12-10(11-3)9-4-6-13-7-5-9/h9H,4-7H2,1-3H3. The molecule has 3 heteroatoms. The van der Waals surface area contributed by atoms with Crippen LogP contribution in [0.2, 0.25) is 0 Å². The Morgan fingerprint density at radius 3 is 2.31 bits per heavy atom. The zero-order chi connectivity index (χ0) is 9.68. The van der Waals surface area contributed by atoms with Gasteiger partial charge >= 0.3 is 0 Å². The van der Waals surface area contributed by atoms with Gasteiger partial charge in [0.05, 0.1) is 0 Å². The smallest absolute Gasteiger partial charge is 0.126 e. The first kappa shape index (κ1) is 10.4. The SMILES string of the molecule is CN=C(N=C(C)C)C1CCOCC1. The second-order valence-corrected chi connectivity index (χ2v) is 3.53. The van der Waals surface area contributed by atoms with Crippen molar-refractivity contribution in [2.75, 3.05) is 20.3 Å². The molecule has 3 nitrogen and oxygen atoms in total. The fraction of sp³-hybridized carbons (Fsp3) is 0.800. The van der Waals surface area contributed by atoms with Gasteiger partial charge in [0.1, 0.15) is 5.84 Å². The quantitative estimate of drug-likeness (QED) is 0.450. The minimum atomic E-state index is 0.508. The molecular weight excluding hydrogens is 164 g/mol. The first-order valence-corrected chi connectivity index (χ1v) is 4.80. The van der Waals surface area contributed by atoms with E-state index in [1.165, 1.54) is 0 Å². The van der Waals surface area contributed by atoms with Crippen LogP contribution in [0.4, 0.5) is 0 Å². The minimum absolute atomic E-state index is 0.508. The third-order valence-electron chi connectivity index (χ3n) is 2.15. The lowest BCUT2D eigenvalue weighted by atomic mass is 9.99. The summed E-state index contributed by atoms with van der Waals surface area (Å²) in [5, 5.41) is 0. The highest BCUT2D eigenvalue weighted by atomic mass is 16.5. The van der Waals surface area contributed by atoms with Crippen molar-refractivity contribution in [1.29, 1.82) is 0 Å². The van der Waals surface area contributed by atoms with Crippen LogP contribution in [0, 0.1) is 5.92 Å². The van der Waals surface area contributed by atoms with Crippen LogP contribution in [0.1, 0.15) is 26.7 Å². The molecule has 0 aliphatic carbocycles. The molecule has 0 bridgehead atoms. The van der Waals surface area contributed by atoms with Gasteiger partial charge in [-0.25, -0.2) is 4.99 Å². The molecule has 1 heterocycles. The van der Waals surface area contributed by atoms with Crippen LogP contribution >= 0.6 is 0 Å². The van der Waals surface area contributed by atoms with Crippen LogP contribution in [0.25, 0.3) is 0 Å². The summed E-state index contributed by atoms with van der Waals surface area (Å²) in [5.41, 5.74) is 1.08. The predicted molar refractivity (Wildman–Crippen MR) is 55.7 cm³/mol. The summed E-state index contributed by atoms with van der Waals surface area (Å²) in [6.45, 7) is 5.71. The summed E-state index contributed by atoms with van der Waals surface area (Å²) in [6.07, 6.45) is 2.12. The highest BCUT2D eigenvalue weighted by Gasteiger charge is 2.18. The molecule has 13 heavy (non-hydrogen) atoms. The van der Waals surface area contributed by atoms with E-state index in [0.717, 1.165) is 37.6 Å². The lowest BCUT2D eigenvalue weighted by Crippen LogP contribution is -2.22. The zero-order valence-corrected chi connectivity index (χ0v) is 8.71. The molecular formula is C10H18N2O. The van der Waals surface area contributed by atoms with Gasteiger partial charge in [0.15, 0.2) is 0 Å². The summed E-state index contributed by atoms with van der Waals surface area (Å²) in [6, 6.07) is 0. The fourth-order valence-corrected chi connectivity index (χ4v) is 1.51. The minimum Gasteiger partial charge on any atom is -0.381 e. The van der Waals surface area contributed by atoms with Crippen molar-refractivity contribution in [2.45, 2.75) is 26.7 Å². The van der Waals surface area contributed by atoms with Crippen LogP contribution in [0.5, 0.6) is 0 Å². The van der Waals surface area contributed by atoms with Gasteiger partial charge in [0, 0.05) is 31.9 Å². The van der Waals surface area contributed by atoms with E-state index in [4.69, 9.17) is 4.74 Å². The maximum absolute atomic E-state index is 5.30. The maximum Gasteiger partial charge on any atom is 0.126 e.